The van der Waals surface area contributed by atoms with E-state index in [2.05, 4.69) is 175 Å². The molecule has 0 radical (unpaired) electrons. The van der Waals surface area contributed by atoms with Gasteiger partial charge in [-0.25, -0.2) is 0 Å². The summed E-state index contributed by atoms with van der Waals surface area (Å²) in [7, 11) is 0. The first-order valence-electron chi connectivity index (χ1n) is 16.5. The average molecular weight is 599 g/mol. The van der Waals surface area contributed by atoms with Gasteiger partial charge >= 0.3 is 6.85 Å². The normalized spacial score (nSPS) is 12.4. The van der Waals surface area contributed by atoms with Gasteiger partial charge in [0, 0.05) is 38.3 Å². The molecule has 9 aromatic rings. The van der Waals surface area contributed by atoms with Crippen LogP contribution in [-0.2, 0) is 0 Å². The maximum absolute atomic E-state index is 2.64. The van der Waals surface area contributed by atoms with E-state index in [1.807, 2.05) is 0 Å². The van der Waals surface area contributed by atoms with E-state index in [-0.39, 0.29) is 6.85 Å². The van der Waals surface area contributed by atoms with E-state index >= 15 is 0 Å². The molecule has 7 aromatic carbocycles. The molecule has 0 atom stereocenters. The topological polar surface area (TPSA) is 9.86 Å². The summed E-state index contributed by atoms with van der Waals surface area (Å²) < 4.78 is 5.16. The molecule has 47 heavy (non-hydrogen) atoms. The van der Waals surface area contributed by atoms with Crippen LogP contribution in [0.4, 0.5) is 0 Å². The molecule has 3 heterocycles. The van der Waals surface area contributed by atoms with Crippen molar-refractivity contribution in [1.82, 2.24) is 9.05 Å². The Bertz CT molecular complexity index is 2600. The van der Waals surface area contributed by atoms with Gasteiger partial charge in [0.05, 0.1) is 11.0 Å². The van der Waals surface area contributed by atoms with Gasteiger partial charge in [-0.3, -0.25) is 0 Å². The Labute approximate surface area is 274 Å². The van der Waals surface area contributed by atoms with Crippen LogP contribution in [0.1, 0.15) is 11.1 Å². The Balaban J connectivity index is 1.37. The van der Waals surface area contributed by atoms with E-state index in [0.29, 0.717) is 0 Å². The molecule has 0 bridgehead atoms. The second kappa shape index (κ2) is 9.85. The summed E-state index contributed by atoms with van der Waals surface area (Å²) in [6.07, 6.45) is 0. The lowest BCUT2D eigenvalue weighted by Gasteiger charge is -2.29. The molecule has 2 nitrogen and oxygen atoms in total. The van der Waals surface area contributed by atoms with Gasteiger partial charge in [-0.15, -0.1) is 0 Å². The van der Waals surface area contributed by atoms with Gasteiger partial charge in [0.2, 0.25) is 0 Å². The molecule has 0 aliphatic carbocycles. The Hall–Kier alpha value is -5.80. The van der Waals surface area contributed by atoms with Crippen molar-refractivity contribution in [3.63, 3.8) is 0 Å². The first kappa shape index (κ1) is 26.4. The highest BCUT2D eigenvalue weighted by Gasteiger charge is 2.36. The Morgan fingerprint density at radius 3 is 1.66 bits per heavy atom. The Morgan fingerprint density at radius 1 is 0.404 bits per heavy atom. The second-order valence-electron chi connectivity index (χ2n) is 13.1. The molecule has 220 valence electrons. The number of hydrogen-bond donors (Lipinski definition) is 0. The Morgan fingerprint density at radius 2 is 1.00 bits per heavy atom. The van der Waals surface area contributed by atoms with Gasteiger partial charge in [-0.2, -0.15) is 0 Å². The van der Waals surface area contributed by atoms with Gasteiger partial charge in [-0.1, -0.05) is 126 Å². The number of benzene rings is 7. The van der Waals surface area contributed by atoms with E-state index in [4.69, 9.17) is 0 Å². The lowest BCUT2D eigenvalue weighted by atomic mass is 9.48. The third-order valence-corrected chi connectivity index (χ3v) is 10.2. The second-order valence-corrected chi connectivity index (χ2v) is 13.1. The summed E-state index contributed by atoms with van der Waals surface area (Å²) in [6.45, 7) is 4.44. The summed E-state index contributed by atoms with van der Waals surface area (Å²) in [5.41, 5.74) is 16.5. The van der Waals surface area contributed by atoms with Crippen molar-refractivity contribution in [2.24, 2.45) is 0 Å². The number of rotatable bonds is 3. The largest absolute Gasteiger partial charge is 0.376 e. The van der Waals surface area contributed by atoms with Crippen LogP contribution < -0.4 is 10.9 Å². The maximum atomic E-state index is 2.64. The summed E-state index contributed by atoms with van der Waals surface area (Å²) in [6, 6.07) is 56.4. The molecule has 2 aromatic heterocycles. The zero-order valence-electron chi connectivity index (χ0n) is 26.4. The van der Waals surface area contributed by atoms with Crippen LogP contribution in [0, 0.1) is 13.8 Å². The molecular formula is C44H31BN2. The summed E-state index contributed by atoms with van der Waals surface area (Å²) in [5.74, 6) is 0. The molecule has 0 saturated heterocycles. The van der Waals surface area contributed by atoms with E-state index in [9.17, 15) is 0 Å². The van der Waals surface area contributed by atoms with Crippen molar-refractivity contribution in [1.29, 1.82) is 0 Å². The predicted octanol–water partition coefficient (Wildman–Crippen LogP) is 9.81. The predicted molar refractivity (Wildman–Crippen MR) is 201 cm³/mol. The van der Waals surface area contributed by atoms with E-state index in [1.165, 1.54) is 93.6 Å². The molecule has 0 amide bonds. The molecule has 0 N–H and O–H groups in total. The van der Waals surface area contributed by atoms with Crippen molar-refractivity contribution in [2.45, 2.75) is 13.8 Å². The summed E-state index contributed by atoms with van der Waals surface area (Å²) in [4.78, 5) is 0. The minimum atomic E-state index is -0.0106. The quantitative estimate of drug-likeness (QED) is 0.179. The highest BCUT2D eigenvalue weighted by molar-refractivity contribution is 6.88. The van der Waals surface area contributed by atoms with Gasteiger partial charge < -0.3 is 9.05 Å². The molecule has 1 aliphatic heterocycles. The maximum Gasteiger partial charge on any atom is 0.332 e. The highest BCUT2D eigenvalue weighted by atomic mass is 15.0. The fourth-order valence-electron chi connectivity index (χ4n) is 8.22. The third kappa shape index (κ3) is 3.80. The molecule has 0 unspecified atom stereocenters. The van der Waals surface area contributed by atoms with E-state index in [0.717, 1.165) is 0 Å². The zero-order valence-corrected chi connectivity index (χ0v) is 26.4. The van der Waals surface area contributed by atoms with E-state index in [1.54, 1.807) is 0 Å². The molecule has 0 fully saturated rings. The molecule has 1 aliphatic rings. The van der Waals surface area contributed by atoms with Crippen molar-refractivity contribution < 1.29 is 0 Å². The van der Waals surface area contributed by atoms with Crippen molar-refractivity contribution >= 4 is 61.4 Å². The lowest BCUT2D eigenvalue weighted by Crippen LogP contribution is -2.53. The number of para-hydroxylation sites is 1. The van der Waals surface area contributed by atoms with Crippen LogP contribution in [-0.4, -0.2) is 15.9 Å². The third-order valence-electron chi connectivity index (χ3n) is 10.2. The fraction of sp³-hybridized carbons (Fsp3) is 0.0455. The van der Waals surface area contributed by atoms with E-state index < -0.39 is 0 Å². The minimum absolute atomic E-state index is 0.0106. The van der Waals surface area contributed by atoms with Gasteiger partial charge in [0.1, 0.15) is 0 Å². The number of nitrogens with zero attached hydrogens (tertiary/aromatic N) is 2. The van der Waals surface area contributed by atoms with Crippen LogP contribution in [0.25, 0.3) is 71.6 Å². The van der Waals surface area contributed by atoms with Crippen molar-refractivity contribution in [3.05, 3.63) is 163 Å². The standard InChI is InChI=1S/C44H31BN2/c1-28-17-22-40-36(23-28)37-24-29(2)25-39-44(37)46(40)41-16-10-9-15-38(41)45(39)47-42-26-32(30-11-5-3-6-12-30)18-20-34(42)35-21-19-33(27-43(35)47)31-13-7-4-8-14-31/h3-27H,1-2H3. The summed E-state index contributed by atoms with van der Waals surface area (Å²) in [5, 5.41) is 5.21. The van der Waals surface area contributed by atoms with Crippen LogP contribution in [0.15, 0.2) is 152 Å². The zero-order chi connectivity index (χ0) is 31.2. The number of aryl methyl sites for hydroxylation is 2. The highest BCUT2D eigenvalue weighted by Crippen LogP contribution is 2.39. The SMILES string of the molecule is Cc1ccc2c(c1)c1cc(C)cc3c1n2-c1ccccc1B3n1c2cc(-c3ccccc3)ccc2c2ccc(-c3ccccc3)cc21. The van der Waals surface area contributed by atoms with Crippen molar-refractivity contribution in [3.8, 4) is 27.9 Å². The van der Waals surface area contributed by atoms with Gasteiger partial charge in [0.15, 0.2) is 0 Å². The molecular weight excluding hydrogens is 567 g/mol. The van der Waals surface area contributed by atoms with Crippen LogP contribution in [0.5, 0.6) is 0 Å². The fourth-order valence-corrected chi connectivity index (χ4v) is 8.22. The van der Waals surface area contributed by atoms with Crippen LogP contribution >= 0.6 is 0 Å². The lowest BCUT2D eigenvalue weighted by molar-refractivity contribution is 1.18. The average Bonchev–Trinajstić information content (AvgIpc) is 3.61. The van der Waals surface area contributed by atoms with Gasteiger partial charge in [0.25, 0.3) is 0 Å². The minimum Gasteiger partial charge on any atom is -0.376 e. The smallest absolute Gasteiger partial charge is 0.332 e. The molecule has 0 saturated carbocycles. The monoisotopic (exact) mass is 598 g/mol. The molecule has 0 spiro atoms. The van der Waals surface area contributed by atoms with Crippen molar-refractivity contribution in [2.75, 3.05) is 0 Å². The van der Waals surface area contributed by atoms with Gasteiger partial charge in [-0.05, 0) is 83.4 Å². The number of hydrogen-bond acceptors (Lipinski definition) is 0. The number of fused-ring (bicyclic) bond motifs is 8. The number of aromatic nitrogens is 2. The summed E-state index contributed by atoms with van der Waals surface area (Å²) >= 11 is 0. The molecule has 3 heteroatoms. The first-order valence-corrected chi connectivity index (χ1v) is 16.5. The molecule has 10 rings (SSSR count). The first-order chi connectivity index (χ1) is 23.1. The Kier molecular flexibility index (Phi) is 5.54. The van der Waals surface area contributed by atoms with Crippen LogP contribution in [0.2, 0.25) is 0 Å². The van der Waals surface area contributed by atoms with Crippen LogP contribution in [0.3, 0.4) is 0 Å².